The summed E-state index contributed by atoms with van der Waals surface area (Å²) in [6.07, 6.45) is 4.89. The van der Waals surface area contributed by atoms with Crippen LogP contribution in [0.4, 0.5) is 5.69 Å². The third-order valence-corrected chi connectivity index (χ3v) is 6.89. The zero-order valence-corrected chi connectivity index (χ0v) is 21.2. The summed E-state index contributed by atoms with van der Waals surface area (Å²) >= 11 is 0. The Morgan fingerprint density at radius 3 is 2.21 bits per heavy atom. The lowest BCUT2D eigenvalue weighted by Crippen LogP contribution is -2.49. The zero-order valence-electron chi connectivity index (χ0n) is 19.5. The van der Waals surface area contributed by atoms with Crippen LogP contribution in [0.1, 0.15) is 31.2 Å². The largest absolute Gasteiger partial charge is 0.482 e. The predicted octanol–water partition coefficient (Wildman–Crippen LogP) is 4.37. The van der Waals surface area contributed by atoms with Gasteiger partial charge in [0.05, 0.1) is 0 Å². The Bertz CT molecular complexity index is 840. The Balaban J connectivity index is 0.00000204. The molecule has 0 radical (unpaired) electrons. The molecule has 0 bridgehead atoms. The van der Waals surface area contributed by atoms with Crippen LogP contribution < -0.4 is 20.3 Å². The first-order valence-electron chi connectivity index (χ1n) is 11.9. The number of carboxylic acid groups (broad SMARTS) is 1. The summed E-state index contributed by atoms with van der Waals surface area (Å²) in [6, 6.07) is 19.1. The van der Waals surface area contributed by atoms with Crippen molar-refractivity contribution in [3.63, 3.8) is 0 Å². The molecule has 3 N–H and O–H groups in total. The Morgan fingerprint density at radius 2 is 1.59 bits per heavy atom. The Labute approximate surface area is 215 Å². The summed E-state index contributed by atoms with van der Waals surface area (Å²) in [5, 5.41) is 16.2. The van der Waals surface area contributed by atoms with E-state index in [1.54, 1.807) is 0 Å². The number of nitrogens with zero attached hydrogens (tertiary/aromatic N) is 1. The number of anilines is 1. The van der Waals surface area contributed by atoms with Gasteiger partial charge in [-0.3, -0.25) is 0 Å². The zero-order chi connectivity index (χ0) is 22.2. The van der Waals surface area contributed by atoms with Gasteiger partial charge in [-0.05, 0) is 80.4 Å². The van der Waals surface area contributed by atoms with Crippen LogP contribution in [0.2, 0.25) is 0 Å². The highest BCUT2D eigenvalue weighted by Crippen LogP contribution is 2.32. The lowest BCUT2D eigenvalue weighted by Gasteiger charge is -2.42. The summed E-state index contributed by atoms with van der Waals surface area (Å²) in [6.45, 7) is 4.99. The van der Waals surface area contributed by atoms with E-state index in [-0.39, 0.29) is 31.4 Å². The second-order valence-electron chi connectivity index (χ2n) is 8.98. The smallest absolute Gasteiger partial charge is 0.341 e. The number of piperidine rings is 2. The maximum atomic E-state index is 10.7. The fourth-order valence-corrected chi connectivity index (χ4v) is 5.17. The summed E-state index contributed by atoms with van der Waals surface area (Å²) in [4.78, 5) is 13.1. The highest BCUT2D eigenvalue weighted by atomic mass is 35.5. The second-order valence-corrected chi connectivity index (χ2v) is 8.98. The van der Waals surface area contributed by atoms with Gasteiger partial charge in [0.2, 0.25) is 0 Å². The van der Waals surface area contributed by atoms with Crippen molar-refractivity contribution in [3.8, 4) is 5.75 Å². The third-order valence-electron chi connectivity index (χ3n) is 6.89. The molecule has 188 valence electrons. The van der Waals surface area contributed by atoms with Crippen molar-refractivity contribution in [3.05, 3.63) is 60.2 Å². The van der Waals surface area contributed by atoms with Crippen molar-refractivity contribution in [1.29, 1.82) is 0 Å². The van der Waals surface area contributed by atoms with E-state index < -0.39 is 5.97 Å². The summed E-state index contributed by atoms with van der Waals surface area (Å²) in [5.41, 5.74) is 2.54. The van der Waals surface area contributed by atoms with Gasteiger partial charge in [0, 0.05) is 31.4 Å². The van der Waals surface area contributed by atoms with Crippen LogP contribution in [0.25, 0.3) is 0 Å². The fourth-order valence-electron chi connectivity index (χ4n) is 5.17. The number of hydrogen-bond donors (Lipinski definition) is 3. The number of carbonyl (C=O) groups is 1. The van der Waals surface area contributed by atoms with Crippen molar-refractivity contribution in [2.75, 3.05) is 37.7 Å². The van der Waals surface area contributed by atoms with Crippen molar-refractivity contribution in [2.45, 2.75) is 38.3 Å². The molecule has 0 amide bonds. The molecular weight excluding hydrogens is 473 g/mol. The number of carboxylic acids is 1. The number of hydrogen-bond acceptors (Lipinski definition) is 5. The van der Waals surface area contributed by atoms with E-state index in [1.807, 2.05) is 24.3 Å². The molecule has 2 heterocycles. The van der Waals surface area contributed by atoms with Crippen molar-refractivity contribution >= 4 is 36.5 Å². The van der Waals surface area contributed by atoms with Crippen molar-refractivity contribution in [2.24, 2.45) is 11.8 Å². The van der Waals surface area contributed by atoms with E-state index in [4.69, 9.17) is 9.84 Å². The fraction of sp³-hybridized carbons (Fsp3) is 0.500. The van der Waals surface area contributed by atoms with Gasteiger partial charge in [-0.25, -0.2) is 4.79 Å². The number of rotatable bonds is 9. The number of aliphatic carboxylic acids is 1. The predicted molar refractivity (Wildman–Crippen MR) is 142 cm³/mol. The van der Waals surface area contributed by atoms with Crippen LogP contribution in [0, 0.1) is 11.8 Å². The molecule has 1 atom stereocenters. The highest BCUT2D eigenvalue weighted by molar-refractivity contribution is 5.85. The molecule has 4 rings (SSSR count). The van der Waals surface area contributed by atoms with Crippen molar-refractivity contribution in [1.82, 2.24) is 10.6 Å². The number of halogens is 2. The maximum Gasteiger partial charge on any atom is 0.341 e. The molecule has 2 aliphatic heterocycles. The average Bonchev–Trinajstić information content (AvgIpc) is 2.85. The van der Waals surface area contributed by atoms with E-state index in [1.165, 1.54) is 36.9 Å². The van der Waals surface area contributed by atoms with Gasteiger partial charge in [-0.15, -0.1) is 24.8 Å². The first-order valence-corrected chi connectivity index (χ1v) is 11.9. The first kappa shape index (κ1) is 28.2. The minimum absolute atomic E-state index is 0. The molecule has 0 spiro atoms. The van der Waals surface area contributed by atoms with Crippen LogP contribution in [0.3, 0.4) is 0 Å². The molecule has 2 aromatic carbocycles. The van der Waals surface area contributed by atoms with Gasteiger partial charge in [0.15, 0.2) is 6.61 Å². The highest BCUT2D eigenvalue weighted by Gasteiger charge is 2.32. The molecule has 2 aromatic rings. The van der Waals surface area contributed by atoms with Gasteiger partial charge in [0.1, 0.15) is 5.75 Å². The van der Waals surface area contributed by atoms with Crippen molar-refractivity contribution < 1.29 is 14.6 Å². The summed E-state index contributed by atoms with van der Waals surface area (Å²) < 4.78 is 5.26. The molecule has 2 fully saturated rings. The van der Waals surface area contributed by atoms with Crippen LogP contribution in [-0.4, -0.2) is 49.9 Å². The van der Waals surface area contributed by atoms with Gasteiger partial charge in [0.25, 0.3) is 0 Å². The summed E-state index contributed by atoms with van der Waals surface area (Å²) in [7, 11) is 0. The molecule has 0 aliphatic carbocycles. The molecule has 2 saturated heterocycles. The van der Waals surface area contributed by atoms with E-state index in [2.05, 4.69) is 45.9 Å². The number of nitrogens with one attached hydrogen (secondary N) is 2. The summed E-state index contributed by atoms with van der Waals surface area (Å²) in [5.74, 6) is 1.07. The molecular formula is C26H37Cl2N3O3. The number of benzene rings is 2. The van der Waals surface area contributed by atoms with E-state index in [0.29, 0.717) is 17.7 Å². The monoisotopic (exact) mass is 509 g/mol. The standard InChI is InChI=1S/C26H35N3O3.2ClH/c30-25(31)19-32-24-8-6-23(7-9-24)29-16-12-22(13-17-29)26(21-10-14-27-15-11-21)28-18-20-4-2-1-3-5-20;;/h1-9,21-22,26-28H,10-19H2,(H,30,31);2*1H. The topological polar surface area (TPSA) is 73.8 Å². The van der Waals surface area contributed by atoms with Gasteiger partial charge >= 0.3 is 5.97 Å². The molecule has 1 unspecified atom stereocenters. The van der Waals surface area contributed by atoms with Crippen LogP contribution in [-0.2, 0) is 11.3 Å². The maximum absolute atomic E-state index is 10.7. The van der Waals surface area contributed by atoms with E-state index in [0.717, 1.165) is 38.6 Å². The van der Waals surface area contributed by atoms with Gasteiger partial charge in [-0.1, -0.05) is 30.3 Å². The van der Waals surface area contributed by atoms with Gasteiger partial charge in [-0.2, -0.15) is 0 Å². The van der Waals surface area contributed by atoms with Crippen LogP contribution >= 0.6 is 24.8 Å². The van der Waals surface area contributed by atoms with Crippen LogP contribution in [0.15, 0.2) is 54.6 Å². The minimum Gasteiger partial charge on any atom is -0.482 e. The molecule has 34 heavy (non-hydrogen) atoms. The molecule has 0 saturated carbocycles. The Morgan fingerprint density at radius 1 is 0.971 bits per heavy atom. The lowest BCUT2D eigenvalue weighted by atomic mass is 9.78. The Kier molecular flexibility index (Phi) is 12.0. The first-order chi connectivity index (χ1) is 15.7. The third kappa shape index (κ3) is 8.05. The van der Waals surface area contributed by atoms with Crippen LogP contribution in [0.5, 0.6) is 5.75 Å². The molecule has 8 heteroatoms. The van der Waals surface area contributed by atoms with E-state index in [9.17, 15) is 4.79 Å². The SMILES string of the molecule is Cl.Cl.O=C(O)COc1ccc(N2CCC(C(NCc3ccccc3)C3CCNCC3)CC2)cc1. The normalized spacial score (nSPS) is 17.8. The molecule has 0 aromatic heterocycles. The average molecular weight is 511 g/mol. The Hall–Kier alpha value is -1.99. The molecule has 2 aliphatic rings. The lowest BCUT2D eigenvalue weighted by molar-refractivity contribution is -0.139. The quantitative estimate of drug-likeness (QED) is 0.466. The molecule has 6 nitrogen and oxygen atoms in total. The van der Waals surface area contributed by atoms with E-state index >= 15 is 0 Å². The van der Waals surface area contributed by atoms with Gasteiger partial charge < -0.3 is 25.4 Å². The minimum atomic E-state index is -0.958. The second kappa shape index (κ2) is 14.4. The number of ether oxygens (including phenoxy) is 1.